The van der Waals surface area contributed by atoms with Gasteiger partial charge in [0.15, 0.2) is 0 Å². The van der Waals surface area contributed by atoms with E-state index in [2.05, 4.69) is 20.5 Å². The second-order valence-electron chi connectivity index (χ2n) is 4.62. The van der Waals surface area contributed by atoms with E-state index in [0.717, 1.165) is 15.6 Å². The molecule has 0 aliphatic rings. The summed E-state index contributed by atoms with van der Waals surface area (Å²) in [6.45, 7) is 0. The summed E-state index contributed by atoms with van der Waals surface area (Å²) in [4.78, 5) is 12.7. The molecule has 0 N–H and O–H groups in total. The van der Waals surface area contributed by atoms with Crippen LogP contribution in [0.15, 0.2) is 73.6 Å². The first-order chi connectivity index (χ1) is 10.4. The number of nitrogens with zero attached hydrogens (tertiary/aromatic N) is 3. The number of pyridine rings is 3. The molecule has 0 saturated carbocycles. The third-order valence-electron chi connectivity index (χ3n) is 3.50. The van der Waals surface area contributed by atoms with Crippen LogP contribution in [0.2, 0.25) is 0 Å². The van der Waals surface area contributed by atoms with Gasteiger partial charge in [0.25, 0.3) is 0 Å². The fourth-order valence-electron chi connectivity index (χ4n) is 2.50. The highest BCUT2D eigenvalue weighted by Gasteiger charge is 2.38. The van der Waals surface area contributed by atoms with E-state index in [9.17, 15) is 0 Å². The Morgan fingerprint density at radius 2 is 1.10 bits per heavy atom. The quantitative estimate of drug-likeness (QED) is 0.520. The summed E-state index contributed by atoms with van der Waals surface area (Å²) in [7, 11) is -2.56. The first-order valence-corrected chi connectivity index (χ1v) is 8.57. The van der Waals surface area contributed by atoms with E-state index in [-0.39, 0.29) is 0 Å². The van der Waals surface area contributed by atoms with E-state index >= 15 is 0 Å². The standard InChI is InChI=1S/C17H13N3Si/c1-2-21(15-6-3-9-18-12-15,16-7-4-10-19-13-16)17-8-5-11-20-14-17/h1,3-14H. The normalized spacial score (nSPS) is 10.8. The van der Waals surface area contributed by atoms with Crippen molar-refractivity contribution in [2.75, 3.05) is 0 Å². The van der Waals surface area contributed by atoms with E-state index in [1.165, 1.54) is 0 Å². The van der Waals surface area contributed by atoms with Gasteiger partial charge in [0, 0.05) is 37.2 Å². The van der Waals surface area contributed by atoms with Crippen LogP contribution in [-0.2, 0) is 0 Å². The third kappa shape index (κ3) is 2.24. The predicted molar refractivity (Wildman–Crippen MR) is 86.2 cm³/mol. The first kappa shape index (κ1) is 13.2. The Hall–Kier alpha value is -2.77. The maximum Gasteiger partial charge on any atom is 0.233 e. The van der Waals surface area contributed by atoms with Gasteiger partial charge in [-0.05, 0) is 33.8 Å². The molecule has 3 nitrogen and oxygen atoms in total. The van der Waals surface area contributed by atoms with Crippen LogP contribution < -0.4 is 15.6 Å². The van der Waals surface area contributed by atoms with Gasteiger partial charge in [-0.15, -0.1) is 12.0 Å². The molecule has 0 unspecified atom stereocenters. The Balaban J connectivity index is 2.32. The van der Waals surface area contributed by atoms with E-state index in [1.807, 2.05) is 55.0 Å². The lowest BCUT2D eigenvalue weighted by molar-refractivity contribution is 1.33. The number of hydrogen-bond donors (Lipinski definition) is 0. The molecule has 0 amide bonds. The molecule has 0 bridgehead atoms. The van der Waals surface area contributed by atoms with E-state index < -0.39 is 8.07 Å². The molecular weight excluding hydrogens is 274 g/mol. The molecule has 3 aromatic heterocycles. The lowest BCUT2D eigenvalue weighted by atomic mass is 10.5. The summed E-state index contributed by atoms with van der Waals surface area (Å²) in [6.07, 6.45) is 16.9. The van der Waals surface area contributed by atoms with Gasteiger partial charge in [0.05, 0.1) is 0 Å². The minimum absolute atomic E-state index is 1.06. The van der Waals surface area contributed by atoms with Crippen LogP contribution in [0.4, 0.5) is 0 Å². The largest absolute Gasteiger partial charge is 0.265 e. The molecule has 0 aliphatic carbocycles. The summed E-state index contributed by atoms with van der Waals surface area (Å²) in [6, 6.07) is 11.9. The third-order valence-corrected chi connectivity index (χ3v) is 7.42. The smallest absolute Gasteiger partial charge is 0.233 e. The van der Waals surface area contributed by atoms with Crippen molar-refractivity contribution in [3.05, 3.63) is 73.6 Å². The lowest BCUT2D eigenvalue weighted by Gasteiger charge is -2.26. The van der Waals surface area contributed by atoms with Crippen LogP contribution in [0.3, 0.4) is 0 Å². The van der Waals surface area contributed by atoms with E-state index in [0.29, 0.717) is 0 Å². The van der Waals surface area contributed by atoms with E-state index in [1.54, 1.807) is 18.6 Å². The van der Waals surface area contributed by atoms with Crippen LogP contribution in [0.25, 0.3) is 0 Å². The molecule has 0 fully saturated rings. The minimum atomic E-state index is -2.56. The fraction of sp³-hybridized carbons (Fsp3) is 0. The van der Waals surface area contributed by atoms with Crippen LogP contribution >= 0.6 is 0 Å². The SMILES string of the molecule is C#C[Si](c1cccnc1)(c1cccnc1)c1cccnc1. The van der Waals surface area contributed by atoms with Gasteiger partial charge in [0.2, 0.25) is 8.07 Å². The van der Waals surface area contributed by atoms with Crippen molar-refractivity contribution in [2.24, 2.45) is 0 Å². The molecule has 100 valence electrons. The molecule has 0 saturated heterocycles. The van der Waals surface area contributed by atoms with Crippen molar-refractivity contribution in [1.82, 2.24) is 15.0 Å². The van der Waals surface area contributed by atoms with Gasteiger partial charge in [0.1, 0.15) is 0 Å². The van der Waals surface area contributed by atoms with Crippen molar-refractivity contribution in [3.8, 4) is 12.0 Å². The lowest BCUT2D eigenvalue weighted by Crippen LogP contribution is -2.66. The van der Waals surface area contributed by atoms with Gasteiger partial charge >= 0.3 is 0 Å². The van der Waals surface area contributed by atoms with Crippen LogP contribution in [0, 0.1) is 12.0 Å². The Labute approximate surface area is 124 Å². The van der Waals surface area contributed by atoms with E-state index in [4.69, 9.17) is 6.42 Å². The summed E-state index contributed by atoms with van der Waals surface area (Å²) >= 11 is 0. The molecule has 4 heteroatoms. The molecule has 0 atom stereocenters. The highest BCUT2D eigenvalue weighted by atomic mass is 28.3. The average Bonchev–Trinajstić information content (AvgIpc) is 2.59. The zero-order chi connectivity index (χ0) is 14.5. The predicted octanol–water partition coefficient (Wildman–Crippen LogP) is 0.514. The second-order valence-corrected chi connectivity index (χ2v) is 8.14. The highest BCUT2D eigenvalue weighted by molar-refractivity contribution is 7.16. The summed E-state index contributed by atoms with van der Waals surface area (Å²) in [5.41, 5.74) is 3.08. The van der Waals surface area contributed by atoms with Crippen molar-refractivity contribution in [2.45, 2.75) is 0 Å². The topological polar surface area (TPSA) is 38.7 Å². The molecule has 0 spiro atoms. The fourth-order valence-corrected chi connectivity index (χ4v) is 5.85. The number of hydrogen-bond acceptors (Lipinski definition) is 3. The summed E-state index contributed by atoms with van der Waals surface area (Å²) in [5.74, 6) is 0. The van der Waals surface area contributed by atoms with Crippen LogP contribution in [0.5, 0.6) is 0 Å². The van der Waals surface area contributed by atoms with Gasteiger partial charge in [-0.25, -0.2) is 0 Å². The van der Waals surface area contributed by atoms with Gasteiger partial charge < -0.3 is 0 Å². The number of terminal acetylenes is 1. The summed E-state index contributed by atoms with van der Waals surface area (Å²) < 4.78 is 0. The van der Waals surface area contributed by atoms with Crippen molar-refractivity contribution in [1.29, 1.82) is 0 Å². The average molecular weight is 287 g/mol. The Morgan fingerprint density at radius 1 is 0.714 bits per heavy atom. The van der Waals surface area contributed by atoms with Crippen molar-refractivity contribution < 1.29 is 0 Å². The molecule has 3 heterocycles. The van der Waals surface area contributed by atoms with Gasteiger partial charge in [-0.1, -0.05) is 18.2 Å². The second kappa shape index (κ2) is 5.69. The zero-order valence-electron chi connectivity index (χ0n) is 11.3. The van der Waals surface area contributed by atoms with Crippen LogP contribution in [0.1, 0.15) is 0 Å². The molecule has 0 radical (unpaired) electrons. The van der Waals surface area contributed by atoms with Gasteiger partial charge in [-0.2, -0.15) is 0 Å². The molecular formula is C17H13N3Si. The zero-order valence-corrected chi connectivity index (χ0v) is 12.3. The summed E-state index contributed by atoms with van der Waals surface area (Å²) in [5, 5.41) is 3.19. The maximum atomic E-state index is 6.03. The highest BCUT2D eigenvalue weighted by Crippen LogP contribution is 2.04. The molecule has 3 aromatic rings. The monoisotopic (exact) mass is 287 g/mol. The number of aromatic nitrogens is 3. The maximum absolute atomic E-state index is 6.03. The Morgan fingerprint density at radius 3 is 1.33 bits per heavy atom. The van der Waals surface area contributed by atoms with Gasteiger partial charge in [-0.3, -0.25) is 15.0 Å². The van der Waals surface area contributed by atoms with Crippen molar-refractivity contribution >= 4 is 23.6 Å². The first-order valence-electron chi connectivity index (χ1n) is 6.57. The Bertz CT molecular complexity index is 656. The van der Waals surface area contributed by atoms with Crippen LogP contribution in [-0.4, -0.2) is 23.0 Å². The number of rotatable bonds is 3. The molecule has 3 rings (SSSR count). The minimum Gasteiger partial charge on any atom is -0.265 e. The Kier molecular flexibility index (Phi) is 3.58. The molecule has 0 aromatic carbocycles. The molecule has 21 heavy (non-hydrogen) atoms. The van der Waals surface area contributed by atoms with Crippen molar-refractivity contribution in [3.63, 3.8) is 0 Å². The molecule has 0 aliphatic heterocycles.